The molecule has 8 nitrogen and oxygen atoms in total. The summed E-state index contributed by atoms with van der Waals surface area (Å²) in [5.74, 6) is 0.508. The molecule has 1 amide bonds. The molecule has 3 aromatic rings. The Labute approximate surface area is 170 Å². The number of benzene rings is 2. The summed E-state index contributed by atoms with van der Waals surface area (Å²) in [5.41, 5.74) is 2.90. The zero-order valence-corrected chi connectivity index (χ0v) is 16.3. The van der Waals surface area contributed by atoms with Crippen molar-refractivity contribution >= 4 is 34.5 Å². The SMILES string of the molecule is Cn1nc(C(=O)N/N=C\c2cc(Cl)c3c(c2)OCCCO3)c2ccccc2c1=O. The van der Waals surface area contributed by atoms with Crippen molar-refractivity contribution < 1.29 is 14.3 Å². The van der Waals surface area contributed by atoms with Gasteiger partial charge in [-0.2, -0.15) is 10.2 Å². The Morgan fingerprint density at radius 1 is 1.24 bits per heavy atom. The molecule has 2 aromatic carbocycles. The number of halogens is 1. The standard InChI is InChI=1S/C20H17ClN4O4/c1-25-20(27)14-6-3-2-5-13(14)17(24-25)19(26)23-22-11-12-9-15(21)18-16(10-12)28-7-4-8-29-18/h2-3,5-6,9-11H,4,7-8H2,1H3,(H,23,26)/b22-11-. The number of ether oxygens (including phenoxy) is 2. The van der Waals surface area contributed by atoms with E-state index in [0.29, 0.717) is 46.1 Å². The van der Waals surface area contributed by atoms with Crippen LogP contribution in [-0.4, -0.2) is 35.1 Å². The van der Waals surface area contributed by atoms with Crippen molar-refractivity contribution in [3.63, 3.8) is 0 Å². The van der Waals surface area contributed by atoms with Crippen molar-refractivity contribution in [1.82, 2.24) is 15.2 Å². The van der Waals surface area contributed by atoms with Crippen LogP contribution in [-0.2, 0) is 7.05 Å². The summed E-state index contributed by atoms with van der Waals surface area (Å²) in [6.07, 6.45) is 2.22. The van der Waals surface area contributed by atoms with Crippen LogP contribution in [0, 0.1) is 0 Å². The summed E-state index contributed by atoms with van der Waals surface area (Å²) in [6.45, 7) is 1.07. The van der Waals surface area contributed by atoms with Gasteiger partial charge in [0.2, 0.25) is 0 Å². The highest BCUT2D eigenvalue weighted by Gasteiger charge is 2.16. The van der Waals surface area contributed by atoms with E-state index in [2.05, 4.69) is 15.6 Å². The Balaban J connectivity index is 1.58. The summed E-state index contributed by atoms with van der Waals surface area (Å²) in [7, 11) is 1.49. The lowest BCUT2D eigenvalue weighted by Gasteiger charge is -2.09. The minimum Gasteiger partial charge on any atom is -0.489 e. The maximum absolute atomic E-state index is 12.6. The summed E-state index contributed by atoms with van der Waals surface area (Å²) >= 11 is 6.26. The van der Waals surface area contributed by atoms with E-state index in [1.54, 1.807) is 36.4 Å². The molecule has 0 saturated carbocycles. The molecule has 0 aliphatic carbocycles. The molecule has 0 fully saturated rings. The van der Waals surface area contributed by atoms with Crippen molar-refractivity contribution in [2.45, 2.75) is 6.42 Å². The number of fused-ring (bicyclic) bond motifs is 2. The van der Waals surface area contributed by atoms with Crippen LogP contribution in [0.4, 0.5) is 0 Å². The second kappa shape index (κ2) is 7.92. The Morgan fingerprint density at radius 3 is 2.83 bits per heavy atom. The minimum absolute atomic E-state index is 0.108. The van der Waals surface area contributed by atoms with Crippen molar-refractivity contribution in [1.29, 1.82) is 0 Å². The van der Waals surface area contributed by atoms with Gasteiger partial charge in [0.05, 0.1) is 29.8 Å². The van der Waals surface area contributed by atoms with Gasteiger partial charge >= 0.3 is 0 Å². The van der Waals surface area contributed by atoms with E-state index in [1.165, 1.54) is 13.3 Å². The third-order valence-electron chi connectivity index (χ3n) is 4.38. The van der Waals surface area contributed by atoms with Crippen molar-refractivity contribution in [2.24, 2.45) is 12.1 Å². The van der Waals surface area contributed by atoms with E-state index in [9.17, 15) is 9.59 Å². The monoisotopic (exact) mass is 412 g/mol. The smallest absolute Gasteiger partial charge is 0.292 e. The van der Waals surface area contributed by atoms with Gasteiger partial charge in [0.25, 0.3) is 11.5 Å². The molecule has 1 N–H and O–H groups in total. The first-order chi connectivity index (χ1) is 14.0. The molecule has 0 bridgehead atoms. The zero-order valence-electron chi connectivity index (χ0n) is 15.5. The number of carbonyl (C=O) groups is 1. The van der Waals surface area contributed by atoms with Gasteiger partial charge in [-0.1, -0.05) is 29.8 Å². The second-order valence-electron chi connectivity index (χ2n) is 6.40. The number of aromatic nitrogens is 2. The van der Waals surface area contributed by atoms with Crippen molar-refractivity contribution in [2.75, 3.05) is 13.2 Å². The Morgan fingerprint density at radius 2 is 2.00 bits per heavy atom. The van der Waals surface area contributed by atoms with Crippen molar-refractivity contribution in [3.8, 4) is 11.5 Å². The Hall–Kier alpha value is -3.39. The molecule has 0 radical (unpaired) electrons. The van der Waals surface area contributed by atoms with E-state index in [0.717, 1.165) is 11.1 Å². The van der Waals surface area contributed by atoms with Crippen LogP contribution >= 0.6 is 11.6 Å². The van der Waals surface area contributed by atoms with Crippen LogP contribution in [0.1, 0.15) is 22.5 Å². The van der Waals surface area contributed by atoms with Crippen LogP contribution in [0.3, 0.4) is 0 Å². The lowest BCUT2D eigenvalue weighted by molar-refractivity contribution is 0.0950. The largest absolute Gasteiger partial charge is 0.489 e. The van der Waals surface area contributed by atoms with Crippen LogP contribution in [0.25, 0.3) is 10.8 Å². The predicted molar refractivity (Wildman–Crippen MR) is 109 cm³/mol. The topological polar surface area (TPSA) is 94.8 Å². The number of hydrazone groups is 1. The highest BCUT2D eigenvalue weighted by atomic mass is 35.5. The van der Waals surface area contributed by atoms with Crippen molar-refractivity contribution in [3.05, 3.63) is 63.0 Å². The van der Waals surface area contributed by atoms with Crippen LogP contribution in [0.15, 0.2) is 46.3 Å². The molecule has 4 rings (SSSR count). The molecule has 9 heteroatoms. The molecule has 29 heavy (non-hydrogen) atoms. The average molecular weight is 413 g/mol. The molecule has 1 aliphatic rings. The number of hydrogen-bond donors (Lipinski definition) is 1. The number of nitrogens with one attached hydrogen (secondary N) is 1. The number of hydrogen-bond acceptors (Lipinski definition) is 6. The number of amides is 1. The first kappa shape index (κ1) is 18.9. The Bertz CT molecular complexity index is 1190. The minimum atomic E-state index is -0.534. The molecule has 2 heterocycles. The van der Waals surface area contributed by atoms with Crippen LogP contribution < -0.4 is 20.5 Å². The van der Waals surface area contributed by atoms with E-state index in [-0.39, 0.29) is 11.3 Å². The first-order valence-electron chi connectivity index (χ1n) is 8.93. The zero-order chi connectivity index (χ0) is 20.4. The number of aryl methyl sites for hydroxylation is 1. The third-order valence-corrected chi connectivity index (χ3v) is 4.66. The van der Waals surface area contributed by atoms with Gasteiger partial charge in [-0.15, -0.1) is 0 Å². The summed E-state index contributed by atoms with van der Waals surface area (Å²) < 4.78 is 12.4. The molecule has 1 aliphatic heterocycles. The number of carbonyl (C=O) groups excluding carboxylic acids is 1. The average Bonchev–Trinajstić information content (AvgIpc) is 2.96. The van der Waals surface area contributed by atoms with Gasteiger partial charge in [0.15, 0.2) is 17.2 Å². The maximum atomic E-state index is 12.6. The molecule has 0 atom stereocenters. The van der Waals surface area contributed by atoms with Crippen LogP contribution in [0.2, 0.25) is 5.02 Å². The fraction of sp³-hybridized carbons (Fsp3) is 0.200. The van der Waals surface area contributed by atoms with Gasteiger partial charge in [0, 0.05) is 18.9 Å². The lowest BCUT2D eigenvalue weighted by Crippen LogP contribution is -2.27. The van der Waals surface area contributed by atoms with E-state index in [4.69, 9.17) is 21.1 Å². The van der Waals surface area contributed by atoms with Gasteiger partial charge in [-0.3, -0.25) is 9.59 Å². The van der Waals surface area contributed by atoms with Gasteiger partial charge in [0.1, 0.15) is 0 Å². The maximum Gasteiger partial charge on any atom is 0.292 e. The van der Waals surface area contributed by atoms with E-state index < -0.39 is 5.91 Å². The van der Waals surface area contributed by atoms with Gasteiger partial charge < -0.3 is 9.47 Å². The fourth-order valence-electron chi connectivity index (χ4n) is 3.01. The molecule has 148 valence electrons. The van der Waals surface area contributed by atoms with Gasteiger partial charge in [-0.25, -0.2) is 10.1 Å². The highest BCUT2D eigenvalue weighted by molar-refractivity contribution is 6.32. The Kier molecular flexibility index (Phi) is 5.18. The molecular formula is C20H17ClN4O4. The summed E-state index contributed by atoms with van der Waals surface area (Å²) in [5, 5.41) is 9.33. The highest BCUT2D eigenvalue weighted by Crippen LogP contribution is 2.37. The lowest BCUT2D eigenvalue weighted by atomic mass is 10.1. The van der Waals surface area contributed by atoms with E-state index >= 15 is 0 Å². The first-order valence-corrected chi connectivity index (χ1v) is 9.31. The fourth-order valence-corrected chi connectivity index (χ4v) is 3.28. The molecule has 0 saturated heterocycles. The second-order valence-corrected chi connectivity index (χ2v) is 6.81. The third kappa shape index (κ3) is 3.79. The number of nitrogens with zero attached hydrogens (tertiary/aromatic N) is 3. The molecule has 0 spiro atoms. The quantitative estimate of drug-likeness (QED) is 0.527. The summed E-state index contributed by atoms with van der Waals surface area (Å²) in [6, 6.07) is 10.2. The van der Waals surface area contributed by atoms with E-state index in [1.807, 2.05) is 0 Å². The van der Waals surface area contributed by atoms with Gasteiger partial charge in [-0.05, 0) is 23.8 Å². The molecule has 0 unspecified atom stereocenters. The predicted octanol–water partition coefficient (Wildman–Crippen LogP) is 2.51. The molecular weight excluding hydrogens is 396 g/mol. The molecule has 1 aromatic heterocycles. The van der Waals surface area contributed by atoms with Crippen LogP contribution in [0.5, 0.6) is 11.5 Å². The summed E-state index contributed by atoms with van der Waals surface area (Å²) in [4.78, 5) is 24.8. The number of rotatable bonds is 3. The normalized spacial score (nSPS) is 13.4.